The van der Waals surface area contributed by atoms with Crippen LogP contribution in [0.15, 0.2) is 72.3 Å². The third-order valence-electron chi connectivity index (χ3n) is 13.1. The molecule has 8 atom stereocenters. The van der Waals surface area contributed by atoms with Gasteiger partial charge in [-0.1, -0.05) is 126 Å². The van der Waals surface area contributed by atoms with Gasteiger partial charge in [-0.15, -0.1) is 0 Å². The molecule has 222 valence electrons. The molecule has 41 heavy (non-hydrogen) atoms. The summed E-state index contributed by atoms with van der Waals surface area (Å²) in [4.78, 5) is 0. The molecule has 4 aliphatic carbocycles. The average molecular weight is 571 g/mol. The van der Waals surface area contributed by atoms with Crippen LogP contribution < -0.4 is 10.6 Å². The molecule has 0 saturated heterocycles. The van der Waals surface area contributed by atoms with Gasteiger partial charge in [-0.3, -0.25) is 0 Å². The number of fused-ring (bicyclic) bond motifs is 5. The van der Waals surface area contributed by atoms with Crippen LogP contribution in [0.2, 0.25) is 0 Å². The lowest BCUT2D eigenvalue weighted by Crippen LogP contribution is -2.51. The normalized spacial score (nSPS) is 35.8. The Bertz CT molecular complexity index is 1220. The van der Waals surface area contributed by atoms with Crippen molar-refractivity contribution in [1.29, 1.82) is 0 Å². The van der Waals surface area contributed by atoms with Crippen molar-refractivity contribution in [2.75, 3.05) is 0 Å². The standard InChI is InChI=1S/C39H55OP/c1-28(2)13-12-14-29(3)35-21-22-36-34-20-19-30-27-33(23-25-38(30,4)37(34)24-26-39(35,36)5)41(40,31-15-8-6-9-16-31)32-17-10-7-11-18-32/h6-11,15-19,28-29,33-37H,12-14,20-27H2,1-5H3/t29-,33+,34-,35+,36-,37-,38-,39+/m0/s1. The fourth-order valence-corrected chi connectivity index (χ4v) is 14.2. The Hall–Kier alpha value is -1.59. The van der Waals surface area contributed by atoms with Gasteiger partial charge in [0.2, 0.25) is 0 Å². The molecule has 6 rings (SSSR count). The van der Waals surface area contributed by atoms with Crippen LogP contribution in [-0.4, -0.2) is 5.66 Å². The van der Waals surface area contributed by atoms with Gasteiger partial charge in [0.05, 0.1) is 0 Å². The fraction of sp³-hybridized carbons (Fsp3) is 0.641. The van der Waals surface area contributed by atoms with Gasteiger partial charge in [0.1, 0.15) is 7.14 Å². The van der Waals surface area contributed by atoms with E-state index in [4.69, 9.17) is 0 Å². The van der Waals surface area contributed by atoms with E-state index in [1.165, 1.54) is 57.8 Å². The molecular formula is C39H55OP. The third-order valence-corrected chi connectivity index (χ3v) is 16.7. The number of hydrogen-bond acceptors (Lipinski definition) is 1. The van der Waals surface area contributed by atoms with Crippen LogP contribution in [0.25, 0.3) is 0 Å². The van der Waals surface area contributed by atoms with Crippen molar-refractivity contribution in [3.05, 3.63) is 72.3 Å². The monoisotopic (exact) mass is 570 g/mol. The largest absolute Gasteiger partial charge is 0.313 e. The third kappa shape index (κ3) is 5.05. The fourth-order valence-electron chi connectivity index (χ4n) is 10.8. The zero-order valence-corrected chi connectivity index (χ0v) is 27.4. The van der Waals surface area contributed by atoms with E-state index in [1.54, 1.807) is 5.57 Å². The number of allylic oxidation sites excluding steroid dienone is 2. The maximum atomic E-state index is 15.2. The predicted octanol–water partition coefficient (Wildman–Crippen LogP) is 10.4. The second-order valence-corrected chi connectivity index (χ2v) is 18.6. The summed E-state index contributed by atoms with van der Waals surface area (Å²) >= 11 is 0. The molecule has 2 aromatic carbocycles. The first kappa shape index (κ1) is 29.5. The summed E-state index contributed by atoms with van der Waals surface area (Å²) in [6, 6.07) is 20.9. The van der Waals surface area contributed by atoms with Gasteiger partial charge in [-0.2, -0.15) is 0 Å². The quantitative estimate of drug-likeness (QED) is 0.228. The maximum absolute atomic E-state index is 15.2. The van der Waals surface area contributed by atoms with Crippen LogP contribution in [0.3, 0.4) is 0 Å². The van der Waals surface area contributed by atoms with Crippen molar-refractivity contribution in [2.45, 2.75) is 111 Å². The van der Waals surface area contributed by atoms with Gasteiger partial charge < -0.3 is 4.57 Å². The lowest BCUT2D eigenvalue weighted by Gasteiger charge is -2.59. The Labute approximate surface area is 251 Å². The zero-order chi connectivity index (χ0) is 28.8. The van der Waals surface area contributed by atoms with E-state index < -0.39 is 7.14 Å². The second kappa shape index (κ2) is 11.5. The Balaban J connectivity index is 1.24. The van der Waals surface area contributed by atoms with Crippen molar-refractivity contribution in [2.24, 2.45) is 46.3 Å². The summed E-state index contributed by atoms with van der Waals surface area (Å²) in [5, 5.41) is 2.09. The van der Waals surface area contributed by atoms with Crippen LogP contribution >= 0.6 is 7.14 Å². The van der Waals surface area contributed by atoms with Crippen molar-refractivity contribution in [3.63, 3.8) is 0 Å². The highest BCUT2D eigenvalue weighted by Gasteiger charge is 2.59. The van der Waals surface area contributed by atoms with Gasteiger partial charge in [0.15, 0.2) is 0 Å². The van der Waals surface area contributed by atoms with E-state index >= 15 is 4.57 Å². The molecule has 0 aliphatic heterocycles. The summed E-state index contributed by atoms with van der Waals surface area (Å²) in [5.41, 5.74) is 2.69. The first-order valence-electron chi connectivity index (χ1n) is 17.1. The summed E-state index contributed by atoms with van der Waals surface area (Å²) in [7, 11) is -2.73. The van der Waals surface area contributed by atoms with Crippen LogP contribution in [-0.2, 0) is 4.57 Å². The van der Waals surface area contributed by atoms with Crippen LogP contribution in [0.1, 0.15) is 105 Å². The van der Waals surface area contributed by atoms with E-state index in [0.29, 0.717) is 10.8 Å². The number of benzene rings is 2. The lowest BCUT2D eigenvalue weighted by molar-refractivity contribution is -0.0498. The van der Waals surface area contributed by atoms with E-state index in [1.807, 2.05) is 0 Å². The Morgan fingerprint density at radius 2 is 1.46 bits per heavy atom. The van der Waals surface area contributed by atoms with Crippen molar-refractivity contribution in [1.82, 2.24) is 0 Å². The molecule has 0 spiro atoms. The van der Waals surface area contributed by atoms with Gasteiger partial charge in [-0.25, -0.2) is 0 Å². The highest BCUT2D eigenvalue weighted by Crippen LogP contribution is 2.69. The van der Waals surface area contributed by atoms with Crippen molar-refractivity contribution >= 4 is 17.8 Å². The summed E-state index contributed by atoms with van der Waals surface area (Å²) in [6.45, 7) is 12.7. The van der Waals surface area contributed by atoms with E-state index in [-0.39, 0.29) is 5.66 Å². The minimum Gasteiger partial charge on any atom is -0.313 e. The molecule has 3 saturated carbocycles. The smallest absolute Gasteiger partial charge is 0.146 e. The molecule has 0 radical (unpaired) electrons. The molecule has 1 nitrogen and oxygen atoms in total. The summed E-state index contributed by atoms with van der Waals surface area (Å²) in [5.74, 6) is 5.17. The Kier molecular flexibility index (Phi) is 8.26. The molecule has 0 amide bonds. The van der Waals surface area contributed by atoms with Gasteiger partial charge in [-0.05, 0) is 97.7 Å². The molecular weight excluding hydrogens is 515 g/mol. The Morgan fingerprint density at radius 1 is 0.805 bits per heavy atom. The van der Waals surface area contributed by atoms with Crippen LogP contribution in [0, 0.1) is 46.3 Å². The van der Waals surface area contributed by atoms with Crippen LogP contribution in [0.4, 0.5) is 0 Å². The topological polar surface area (TPSA) is 17.1 Å². The van der Waals surface area contributed by atoms with Crippen molar-refractivity contribution in [3.8, 4) is 0 Å². The van der Waals surface area contributed by atoms with Gasteiger partial charge in [0, 0.05) is 16.3 Å². The van der Waals surface area contributed by atoms with Crippen LogP contribution in [0.5, 0.6) is 0 Å². The maximum Gasteiger partial charge on any atom is 0.146 e. The minimum absolute atomic E-state index is 0.208. The SMILES string of the molecule is CC(C)CCC[C@H](C)[C@H]1CC[C@H]2[C@@H]3CC=C4C[C@H](P(=O)(c5ccccc5)c5ccccc5)CC[C@]4(C)[C@H]3CC[C@]12C. The van der Waals surface area contributed by atoms with Gasteiger partial charge in [0.25, 0.3) is 0 Å². The minimum atomic E-state index is -2.73. The summed E-state index contributed by atoms with van der Waals surface area (Å²) < 4.78 is 15.2. The molecule has 0 heterocycles. The molecule has 3 fully saturated rings. The second-order valence-electron chi connectivity index (χ2n) is 15.5. The first-order valence-corrected chi connectivity index (χ1v) is 18.9. The number of hydrogen-bond donors (Lipinski definition) is 0. The van der Waals surface area contributed by atoms with E-state index in [0.717, 1.165) is 59.0 Å². The zero-order valence-electron chi connectivity index (χ0n) is 26.5. The molecule has 0 N–H and O–H groups in total. The average Bonchev–Trinajstić information content (AvgIpc) is 3.34. The molecule has 0 bridgehead atoms. The highest BCUT2D eigenvalue weighted by atomic mass is 31.2. The first-order chi connectivity index (χ1) is 19.7. The Morgan fingerprint density at radius 3 is 2.10 bits per heavy atom. The molecule has 2 aromatic rings. The number of rotatable bonds is 8. The predicted molar refractivity (Wildman–Crippen MR) is 177 cm³/mol. The van der Waals surface area contributed by atoms with E-state index in [2.05, 4.69) is 101 Å². The highest BCUT2D eigenvalue weighted by molar-refractivity contribution is 7.79. The summed E-state index contributed by atoms with van der Waals surface area (Å²) in [6.07, 6.45) is 17.2. The molecule has 4 aliphatic rings. The molecule has 0 aromatic heterocycles. The molecule has 2 heteroatoms. The molecule has 0 unspecified atom stereocenters. The van der Waals surface area contributed by atoms with Gasteiger partial charge >= 0.3 is 0 Å². The van der Waals surface area contributed by atoms with E-state index in [9.17, 15) is 0 Å². The lowest BCUT2D eigenvalue weighted by atomic mass is 9.47. The van der Waals surface area contributed by atoms with Crippen molar-refractivity contribution < 1.29 is 4.57 Å².